The average molecular weight is 254 g/mol. The molecule has 0 spiro atoms. The molecule has 0 unspecified atom stereocenters. The topological polar surface area (TPSA) is 57.7 Å². The molecule has 0 radical (unpaired) electrons. The predicted molar refractivity (Wildman–Crippen MR) is 67.9 cm³/mol. The van der Waals surface area contributed by atoms with Gasteiger partial charge in [-0.05, 0) is 13.8 Å². The fourth-order valence-corrected chi connectivity index (χ4v) is 1.74. The van der Waals surface area contributed by atoms with Gasteiger partial charge in [0, 0.05) is 24.5 Å². The molecule has 5 nitrogen and oxygen atoms in total. The first kappa shape index (κ1) is 14.7. The van der Waals surface area contributed by atoms with Crippen molar-refractivity contribution in [1.29, 1.82) is 0 Å². The van der Waals surface area contributed by atoms with E-state index in [0.29, 0.717) is 13.1 Å². The Balaban J connectivity index is 2.70. The SMILES string of the molecule is CC(C)N1CCN(CC(=O)C(C)(C)C)C(=O)C1=O. The summed E-state index contributed by atoms with van der Waals surface area (Å²) in [5.41, 5.74) is -0.488. The van der Waals surface area contributed by atoms with Crippen LogP contribution in [-0.2, 0) is 14.4 Å². The number of nitrogens with zero attached hydrogens (tertiary/aromatic N) is 2. The van der Waals surface area contributed by atoms with Crippen LogP contribution in [0.15, 0.2) is 0 Å². The monoisotopic (exact) mass is 254 g/mol. The highest BCUT2D eigenvalue weighted by molar-refractivity contribution is 6.35. The van der Waals surface area contributed by atoms with E-state index in [4.69, 9.17) is 0 Å². The van der Waals surface area contributed by atoms with Crippen LogP contribution in [0.1, 0.15) is 34.6 Å². The van der Waals surface area contributed by atoms with Gasteiger partial charge in [-0.1, -0.05) is 20.8 Å². The van der Waals surface area contributed by atoms with Crippen LogP contribution in [0.2, 0.25) is 0 Å². The van der Waals surface area contributed by atoms with E-state index in [9.17, 15) is 14.4 Å². The van der Waals surface area contributed by atoms with Gasteiger partial charge in [0.25, 0.3) is 0 Å². The number of amides is 2. The third-order valence-corrected chi connectivity index (χ3v) is 3.14. The Morgan fingerprint density at radius 2 is 1.72 bits per heavy atom. The number of carbonyl (C=O) groups excluding carboxylic acids is 3. The number of rotatable bonds is 3. The zero-order valence-corrected chi connectivity index (χ0v) is 11.8. The summed E-state index contributed by atoms with van der Waals surface area (Å²) in [7, 11) is 0. The number of piperazine rings is 1. The molecule has 1 heterocycles. The Labute approximate surface area is 108 Å². The number of Topliss-reactive ketones (excluding diaryl/α,β-unsaturated/α-hetero) is 1. The molecule has 0 bridgehead atoms. The first-order valence-corrected chi connectivity index (χ1v) is 6.27. The van der Waals surface area contributed by atoms with E-state index in [0.717, 1.165) is 0 Å². The fourth-order valence-electron chi connectivity index (χ4n) is 1.74. The smallest absolute Gasteiger partial charge is 0.312 e. The largest absolute Gasteiger partial charge is 0.330 e. The molecule has 1 aliphatic heterocycles. The van der Waals surface area contributed by atoms with Crippen molar-refractivity contribution < 1.29 is 14.4 Å². The lowest BCUT2D eigenvalue weighted by atomic mass is 9.90. The van der Waals surface area contributed by atoms with E-state index < -0.39 is 17.2 Å². The van der Waals surface area contributed by atoms with Crippen molar-refractivity contribution in [1.82, 2.24) is 9.80 Å². The minimum Gasteiger partial charge on any atom is -0.330 e. The molecule has 5 heteroatoms. The van der Waals surface area contributed by atoms with Gasteiger partial charge in [0.15, 0.2) is 5.78 Å². The number of ketones is 1. The highest BCUT2D eigenvalue weighted by Gasteiger charge is 2.36. The highest BCUT2D eigenvalue weighted by Crippen LogP contribution is 2.17. The van der Waals surface area contributed by atoms with Gasteiger partial charge < -0.3 is 9.80 Å². The molecular formula is C13H22N2O3. The Hall–Kier alpha value is -1.39. The molecule has 1 aliphatic rings. The van der Waals surface area contributed by atoms with Gasteiger partial charge in [0.05, 0.1) is 6.54 Å². The lowest BCUT2D eigenvalue weighted by Gasteiger charge is -2.36. The fraction of sp³-hybridized carbons (Fsp3) is 0.769. The van der Waals surface area contributed by atoms with Crippen molar-refractivity contribution in [2.24, 2.45) is 5.41 Å². The van der Waals surface area contributed by atoms with E-state index in [1.54, 1.807) is 4.90 Å². The molecule has 1 fully saturated rings. The third kappa shape index (κ3) is 3.09. The molecule has 0 aromatic heterocycles. The summed E-state index contributed by atoms with van der Waals surface area (Å²) in [6, 6.07) is 0.0157. The van der Waals surface area contributed by atoms with E-state index in [1.165, 1.54) is 4.90 Å². The summed E-state index contributed by atoms with van der Waals surface area (Å²) in [6.07, 6.45) is 0. The zero-order chi connectivity index (χ0) is 14.1. The van der Waals surface area contributed by atoms with E-state index in [-0.39, 0.29) is 18.4 Å². The van der Waals surface area contributed by atoms with Crippen molar-refractivity contribution in [3.05, 3.63) is 0 Å². The van der Waals surface area contributed by atoms with Crippen LogP contribution in [0.5, 0.6) is 0 Å². The minimum absolute atomic E-state index is 0.0157. The summed E-state index contributed by atoms with van der Waals surface area (Å²) >= 11 is 0. The van der Waals surface area contributed by atoms with Crippen molar-refractivity contribution in [3.63, 3.8) is 0 Å². The third-order valence-electron chi connectivity index (χ3n) is 3.14. The van der Waals surface area contributed by atoms with Gasteiger partial charge in [-0.2, -0.15) is 0 Å². The molecule has 0 atom stereocenters. The molecular weight excluding hydrogens is 232 g/mol. The van der Waals surface area contributed by atoms with Gasteiger partial charge >= 0.3 is 11.8 Å². The standard InChI is InChI=1S/C13H22N2O3/c1-9(2)15-7-6-14(11(17)12(15)18)8-10(16)13(3,4)5/h9H,6-8H2,1-5H3. The van der Waals surface area contributed by atoms with Crippen molar-refractivity contribution in [2.75, 3.05) is 19.6 Å². The summed E-state index contributed by atoms with van der Waals surface area (Å²) in [5.74, 6) is -1.09. The van der Waals surface area contributed by atoms with Crippen LogP contribution in [-0.4, -0.2) is 53.1 Å². The molecule has 0 aliphatic carbocycles. The summed E-state index contributed by atoms with van der Waals surface area (Å²) in [4.78, 5) is 38.5. The minimum atomic E-state index is -0.562. The second kappa shape index (κ2) is 5.08. The molecule has 0 aromatic carbocycles. The van der Waals surface area contributed by atoms with E-state index in [1.807, 2.05) is 34.6 Å². The van der Waals surface area contributed by atoms with Gasteiger partial charge in [0.2, 0.25) is 0 Å². The molecule has 0 saturated carbocycles. The van der Waals surface area contributed by atoms with E-state index >= 15 is 0 Å². The second-order valence-corrected chi connectivity index (χ2v) is 5.99. The Bertz CT molecular complexity index is 369. The normalized spacial score (nSPS) is 17.7. The maximum absolute atomic E-state index is 11.9. The second-order valence-electron chi connectivity index (χ2n) is 5.99. The molecule has 1 saturated heterocycles. The zero-order valence-electron chi connectivity index (χ0n) is 11.8. The van der Waals surface area contributed by atoms with Crippen molar-refractivity contribution >= 4 is 17.6 Å². The maximum Gasteiger partial charge on any atom is 0.312 e. The van der Waals surface area contributed by atoms with E-state index in [2.05, 4.69) is 0 Å². The van der Waals surface area contributed by atoms with Crippen LogP contribution in [0.3, 0.4) is 0 Å². The van der Waals surface area contributed by atoms with Gasteiger partial charge in [-0.3, -0.25) is 14.4 Å². The lowest BCUT2D eigenvalue weighted by molar-refractivity contribution is -0.158. The Morgan fingerprint density at radius 1 is 1.17 bits per heavy atom. The van der Waals surface area contributed by atoms with Crippen molar-refractivity contribution in [3.8, 4) is 0 Å². The molecule has 0 aromatic rings. The molecule has 102 valence electrons. The number of carbonyl (C=O) groups is 3. The van der Waals surface area contributed by atoms with Crippen LogP contribution in [0.25, 0.3) is 0 Å². The molecule has 2 amide bonds. The van der Waals surface area contributed by atoms with Gasteiger partial charge in [-0.25, -0.2) is 0 Å². The molecule has 0 N–H and O–H groups in total. The maximum atomic E-state index is 11.9. The quantitative estimate of drug-likeness (QED) is 0.696. The molecule has 1 rings (SSSR count). The Morgan fingerprint density at radius 3 is 2.17 bits per heavy atom. The predicted octanol–water partition coefficient (Wildman–Crippen LogP) is 0.681. The first-order chi connectivity index (χ1) is 8.14. The lowest BCUT2D eigenvalue weighted by Crippen LogP contribution is -2.57. The first-order valence-electron chi connectivity index (χ1n) is 6.27. The number of hydrogen-bond donors (Lipinski definition) is 0. The van der Waals surface area contributed by atoms with Crippen LogP contribution in [0.4, 0.5) is 0 Å². The van der Waals surface area contributed by atoms with Crippen LogP contribution in [0, 0.1) is 5.41 Å². The van der Waals surface area contributed by atoms with Gasteiger partial charge in [0.1, 0.15) is 0 Å². The van der Waals surface area contributed by atoms with Crippen molar-refractivity contribution in [2.45, 2.75) is 40.7 Å². The Kier molecular flexibility index (Phi) is 4.14. The average Bonchev–Trinajstić information content (AvgIpc) is 2.22. The summed E-state index contributed by atoms with van der Waals surface area (Å²) in [6.45, 7) is 10.1. The highest BCUT2D eigenvalue weighted by atomic mass is 16.2. The summed E-state index contributed by atoms with van der Waals surface area (Å²) in [5, 5.41) is 0. The number of hydrogen-bond acceptors (Lipinski definition) is 3. The van der Waals surface area contributed by atoms with Crippen LogP contribution < -0.4 is 0 Å². The van der Waals surface area contributed by atoms with Crippen LogP contribution >= 0.6 is 0 Å². The molecule has 18 heavy (non-hydrogen) atoms. The summed E-state index contributed by atoms with van der Waals surface area (Å²) < 4.78 is 0. The van der Waals surface area contributed by atoms with Gasteiger partial charge in [-0.15, -0.1) is 0 Å².